The van der Waals surface area contributed by atoms with Gasteiger partial charge in [-0.2, -0.15) is 0 Å². The van der Waals surface area contributed by atoms with Gasteiger partial charge in [-0.3, -0.25) is 10.6 Å². The Morgan fingerprint density at radius 1 is 1.21 bits per heavy atom. The van der Waals surface area contributed by atoms with Gasteiger partial charge in [0.2, 0.25) is 0 Å². The highest BCUT2D eigenvalue weighted by Gasteiger charge is 2.17. The lowest BCUT2D eigenvalue weighted by Gasteiger charge is -2.29. The third-order valence-electron chi connectivity index (χ3n) is 2.72. The summed E-state index contributed by atoms with van der Waals surface area (Å²) in [5.41, 5.74) is 2.67. The van der Waals surface area contributed by atoms with Crippen LogP contribution in [0.4, 0.5) is 0 Å². The fraction of sp³-hybridized carbons (Fsp3) is 0.500. The van der Waals surface area contributed by atoms with E-state index in [-0.39, 0.29) is 0 Å². The van der Waals surface area contributed by atoms with Gasteiger partial charge < -0.3 is 0 Å². The standard InChI is InChI=1S/C12H18N2/c1-9-4-3-5-11(6-9)12-13-7-10(2)8-14-12/h3-6,10,12-14H,7-8H2,1-2H3. The minimum Gasteiger partial charge on any atom is -0.298 e. The number of hydrogen-bond donors (Lipinski definition) is 2. The van der Waals surface area contributed by atoms with Crippen molar-refractivity contribution in [1.29, 1.82) is 0 Å². The Labute approximate surface area is 85.7 Å². The fourth-order valence-electron chi connectivity index (χ4n) is 1.87. The maximum absolute atomic E-state index is 3.50. The van der Waals surface area contributed by atoms with E-state index in [1.807, 2.05) is 0 Å². The predicted octanol–water partition coefficient (Wildman–Crippen LogP) is 1.82. The van der Waals surface area contributed by atoms with Crippen LogP contribution in [0.2, 0.25) is 0 Å². The first-order chi connectivity index (χ1) is 6.75. The third-order valence-corrected chi connectivity index (χ3v) is 2.72. The quantitative estimate of drug-likeness (QED) is 0.706. The minimum atomic E-state index is 0.339. The summed E-state index contributed by atoms with van der Waals surface area (Å²) in [6, 6.07) is 8.66. The molecule has 1 aliphatic rings. The molecular formula is C12H18N2. The predicted molar refractivity (Wildman–Crippen MR) is 59.1 cm³/mol. The zero-order valence-electron chi connectivity index (χ0n) is 8.88. The summed E-state index contributed by atoms with van der Waals surface area (Å²) in [6.07, 6.45) is 0.339. The zero-order chi connectivity index (χ0) is 9.97. The highest BCUT2D eigenvalue weighted by molar-refractivity contribution is 5.24. The van der Waals surface area contributed by atoms with Gasteiger partial charge in [-0.15, -0.1) is 0 Å². The van der Waals surface area contributed by atoms with E-state index in [4.69, 9.17) is 0 Å². The number of hydrogen-bond acceptors (Lipinski definition) is 2. The van der Waals surface area contributed by atoms with Gasteiger partial charge in [0.25, 0.3) is 0 Å². The van der Waals surface area contributed by atoms with E-state index in [9.17, 15) is 0 Å². The van der Waals surface area contributed by atoms with E-state index in [0.717, 1.165) is 19.0 Å². The van der Waals surface area contributed by atoms with Gasteiger partial charge >= 0.3 is 0 Å². The van der Waals surface area contributed by atoms with E-state index in [1.54, 1.807) is 0 Å². The Kier molecular flexibility index (Phi) is 2.85. The minimum absolute atomic E-state index is 0.339. The summed E-state index contributed by atoms with van der Waals surface area (Å²) < 4.78 is 0. The van der Waals surface area contributed by atoms with Crippen LogP contribution in [0.3, 0.4) is 0 Å². The van der Waals surface area contributed by atoms with Crippen molar-refractivity contribution in [2.75, 3.05) is 13.1 Å². The Morgan fingerprint density at radius 3 is 2.57 bits per heavy atom. The van der Waals surface area contributed by atoms with Gasteiger partial charge in [0.15, 0.2) is 0 Å². The molecule has 0 bridgehead atoms. The molecule has 1 aliphatic heterocycles. The largest absolute Gasteiger partial charge is 0.298 e. The maximum atomic E-state index is 3.50. The second-order valence-electron chi connectivity index (χ2n) is 4.27. The normalized spacial score (nSPS) is 27.6. The van der Waals surface area contributed by atoms with Crippen molar-refractivity contribution in [3.8, 4) is 0 Å². The summed E-state index contributed by atoms with van der Waals surface area (Å²) in [5.74, 6) is 0.732. The van der Waals surface area contributed by atoms with Crippen molar-refractivity contribution in [1.82, 2.24) is 10.6 Å². The van der Waals surface area contributed by atoms with Crippen molar-refractivity contribution in [2.45, 2.75) is 20.0 Å². The second kappa shape index (κ2) is 4.11. The molecule has 1 aromatic carbocycles. The first-order valence-corrected chi connectivity index (χ1v) is 5.29. The molecule has 0 atom stereocenters. The monoisotopic (exact) mass is 190 g/mol. The van der Waals surface area contributed by atoms with Gasteiger partial charge in [-0.05, 0) is 18.4 Å². The Morgan fingerprint density at radius 2 is 1.93 bits per heavy atom. The van der Waals surface area contributed by atoms with E-state index >= 15 is 0 Å². The molecule has 2 nitrogen and oxygen atoms in total. The van der Waals surface area contributed by atoms with Gasteiger partial charge in [0, 0.05) is 13.1 Å². The van der Waals surface area contributed by atoms with Crippen LogP contribution in [0, 0.1) is 12.8 Å². The lowest BCUT2D eigenvalue weighted by Crippen LogP contribution is -2.45. The Balaban J connectivity index is 2.08. The molecular weight excluding hydrogens is 172 g/mol. The first kappa shape index (κ1) is 9.69. The molecule has 0 unspecified atom stereocenters. The molecule has 14 heavy (non-hydrogen) atoms. The summed E-state index contributed by atoms with van der Waals surface area (Å²) in [7, 11) is 0. The van der Waals surface area contributed by atoms with Crippen molar-refractivity contribution in [3.63, 3.8) is 0 Å². The van der Waals surface area contributed by atoms with Crippen LogP contribution in [-0.2, 0) is 0 Å². The van der Waals surface area contributed by atoms with Crippen molar-refractivity contribution in [3.05, 3.63) is 35.4 Å². The molecule has 2 rings (SSSR count). The highest BCUT2D eigenvalue weighted by Crippen LogP contribution is 2.15. The second-order valence-corrected chi connectivity index (χ2v) is 4.27. The van der Waals surface area contributed by atoms with E-state index in [1.165, 1.54) is 11.1 Å². The Bertz CT molecular complexity index is 301. The number of benzene rings is 1. The van der Waals surface area contributed by atoms with Crippen molar-refractivity contribution in [2.24, 2.45) is 5.92 Å². The molecule has 2 heteroatoms. The fourth-order valence-corrected chi connectivity index (χ4v) is 1.87. The topological polar surface area (TPSA) is 24.1 Å². The first-order valence-electron chi connectivity index (χ1n) is 5.29. The molecule has 1 heterocycles. The van der Waals surface area contributed by atoms with Crippen LogP contribution < -0.4 is 10.6 Å². The van der Waals surface area contributed by atoms with Crippen molar-refractivity contribution < 1.29 is 0 Å². The molecule has 0 spiro atoms. The number of rotatable bonds is 1. The van der Waals surface area contributed by atoms with Crippen LogP contribution in [-0.4, -0.2) is 13.1 Å². The molecule has 0 saturated carbocycles. The molecule has 0 aliphatic carbocycles. The summed E-state index contributed by atoms with van der Waals surface area (Å²) >= 11 is 0. The molecule has 1 fully saturated rings. The summed E-state index contributed by atoms with van der Waals surface area (Å²) in [5, 5.41) is 7.00. The molecule has 0 amide bonds. The number of nitrogens with one attached hydrogen (secondary N) is 2. The van der Waals surface area contributed by atoms with Gasteiger partial charge in [-0.25, -0.2) is 0 Å². The molecule has 0 radical (unpaired) electrons. The molecule has 0 aromatic heterocycles. The smallest absolute Gasteiger partial charge is 0.0835 e. The van der Waals surface area contributed by atoms with Crippen LogP contribution in [0.15, 0.2) is 24.3 Å². The Hall–Kier alpha value is -0.860. The van der Waals surface area contributed by atoms with Crippen molar-refractivity contribution >= 4 is 0 Å². The zero-order valence-corrected chi connectivity index (χ0v) is 8.88. The van der Waals surface area contributed by atoms with Crippen LogP contribution in [0.25, 0.3) is 0 Å². The average molecular weight is 190 g/mol. The third kappa shape index (κ3) is 2.14. The lowest BCUT2D eigenvalue weighted by molar-refractivity contribution is 0.314. The van der Waals surface area contributed by atoms with Crippen LogP contribution in [0.1, 0.15) is 24.2 Å². The van der Waals surface area contributed by atoms with Gasteiger partial charge in [0.1, 0.15) is 0 Å². The lowest BCUT2D eigenvalue weighted by atomic mass is 10.0. The SMILES string of the molecule is Cc1cccc(C2NCC(C)CN2)c1. The molecule has 1 saturated heterocycles. The summed E-state index contributed by atoms with van der Waals surface area (Å²) in [4.78, 5) is 0. The molecule has 2 N–H and O–H groups in total. The van der Waals surface area contributed by atoms with E-state index in [0.29, 0.717) is 6.17 Å². The number of aryl methyl sites for hydroxylation is 1. The van der Waals surface area contributed by atoms with Crippen LogP contribution >= 0.6 is 0 Å². The van der Waals surface area contributed by atoms with E-state index < -0.39 is 0 Å². The molecule has 76 valence electrons. The highest BCUT2D eigenvalue weighted by atomic mass is 15.1. The molecule has 1 aromatic rings. The van der Waals surface area contributed by atoms with Gasteiger partial charge in [0.05, 0.1) is 6.17 Å². The maximum Gasteiger partial charge on any atom is 0.0835 e. The van der Waals surface area contributed by atoms with Gasteiger partial charge in [-0.1, -0.05) is 36.8 Å². The summed E-state index contributed by atoms with van der Waals surface area (Å²) in [6.45, 7) is 6.60. The van der Waals surface area contributed by atoms with Crippen LogP contribution in [0.5, 0.6) is 0 Å². The van der Waals surface area contributed by atoms with E-state index in [2.05, 4.69) is 48.7 Å². The average Bonchev–Trinajstić information content (AvgIpc) is 2.19.